The number of likely N-dealkylation sites (tertiary alicyclic amines) is 1. The van der Waals surface area contributed by atoms with Crippen LogP contribution in [-0.4, -0.2) is 39.4 Å². The van der Waals surface area contributed by atoms with Crippen molar-refractivity contribution < 1.29 is 9.18 Å². The number of carbonyl (C=O) groups is 1. The summed E-state index contributed by atoms with van der Waals surface area (Å²) in [5, 5.41) is 3.07. The molecule has 1 fully saturated rings. The van der Waals surface area contributed by atoms with Gasteiger partial charge in [-0.05, 0) is 11.6 Å². The summed E-state index contributed by atoms with van der Waals surface area (Å²) >= 11 is 0. The number of anilines is 1. The lowest BCUT2D eigenvalue weighted by Gasteiger charge is -2.25. The molecule has 2 aromatic rings. The minimum Gasteiger partial charge on any atom is -0.354 e. The second-order valence-corrected chi connectivity index (χ2v) is 5.31. The van der Waals surface area contributed by atoms with Crippen LogP contribution in [0, 0.1) is 11.7 Å². The molecule has 6 nitrogen and oxygen atoms in total. The van der Waals surface area contributed by atoms with Crippen molar-refractivity contribution in [3.63, 3.8) is 0 Å². The second kappa shape index (κ2) is 6.05. The van der Waals surface area contributed by atoms with E-state index < -0.39 is 5.82 Å². The normalized spacial score (nSPS) is 21.2. The minimum absolute atomic E-state index is 0.0332. The van der Waals surface area contributed by atoms with Crippen LogP contribution in [0.4, 0.5) is 10.3 Å². The van der Waals surface area contributed by atoms with Gasteiger partial charge in [0, 0.05) is 38.3 Å². The lowest BCUT2D eigenvalue weighted by molar-refractivity contribution is -0.127. The summed E-state index contributed by atoms with van der Waals surface area (Å²) in [5.41, 5.74) is 1.00. The van der Waals surface area contributed by atoms with Crippen molar-refractivity contribution >= 4 is 11.9 Å². The average Bonchev–Trinajstić information content (AvgIpc) is 2.82. The Kier molecular flexibility index (Phi) is 3.95. The van der Waals surface area contributed by atoms with Gasteiger partial charge in [0.1, 0.15) is 0 Å². The maximum Gasteiger partial charge on any atom is 0.223 e. The van der Waals surface area contributed by atoms with E-state index in [1.54, 1.807) is 24.3 Å². The Morgan fingerprint density at radius 3 is 2.82 bits per heavy atom. The summed E-state index contributed by atoms with van der Waals surface area (Å²) < 4.78 is 12.8. The highest BCUT2D eigenvalue weighted by molar-refractivity contribution is 5.79. The van der Waals surface area contributed by atoms with Gasteiger partial charge < -0.3 is 10.2 Å². The molecule has 7 heteroatoms. The van der Waals surface area contributed by atoms with Gasteiger partial charge in [-0.25, -0.2) is 14.4 Å². The molecule has 0 bridgehead atoms. The number of nitrogens with one attached hydrogen (secondary N) is 1. The van der Waals surface area contributed by atoms with Gasteiger partial charge in [0.15, 0.2) is 5.82 Å². The molecule has 22 heavy (non-hydrogen) atoms. The fourth-order valence-corrected chi connectivity index (χ4v) is 2.81. The highest BCUT2D eigenvalue weighted by Crippen LogP contribution is 2.36. The molecule has 0 unspecified atom stereocenters. The Morgan fingerprint density at radius 1 is 1.36 bits per heavy atom. The molecule has 1 N–H and O–H groups in total. The number of rotatable bonds is 4. The summed E-state index contributed by atoms with van der Waals surface area (Å²) in [6.07, 6.45) is 6.16. The van der Waals surface area contributed by atoms with Crippen LogP contribution in [0.5, 0.6) is 0 Å². The SMILES string of the molecule is CN1C(=O)C[C@@H](CNc2ncc(F)cn2)[C@@H]1c1cccnc1. The van der Waals surface area contributed by atoms with Crippen LogP contribution < -0.4 is 5.32 Å². The van der Waals surface area contributed by atoms with Crippen LogP contribution in [0.3, 0.4) is 0 Å². The van der Waals surface area contributed by atoms with Crippen LogP contribution >= 0.6 is 0 Å². The van der Waals surface area contributed by atoms with Crippen LogP contribution in [0.1, 0.15) is 18.0 Å². The van der Waals surface area contributed by atoms with Crippen molar-refractivity contribution in [2.24, 2.45) is 5.92 Å². The third kappa shape index (κ3) is 2.88. The maximum atomic E-state index is 12.8. The van der Waals surface area contributed by atoms with E-state index in [0.29, 0.717) is 18.9 Å². The lowest BCUT2D eigenvalue weighted by Crippen LogP contribution is -2.26. The topological polar surface area (TPSA) is 71.0 Å². The summed E-state index contributed by atoms with van der Waals surface area (Å²) in [6, 6.07) is 3.79. The van der Waals surface area contributed by atoms with Crippen LogP contribution in [0.25, 0.3) is 0 Å². The monoisotopic (exact) mass is 301 g/mol. The van der Waals surface area contributed by atoms with E-state index in [2.05, 4.69) is 20.3 Å². The maximum absolute atomic E-state index is 12.8. The first kappa shape index (κ1) is 14.4. The van der Waals surface area contributed by atoms with Gasteiger partial charge in [0.25, 0.3) is 0 Å². The van der Waals surface area contributed by atoms with Crippen LogP contribution in [0.15, 0.2) is 36.9 Å². The molecule has 114 valence electrons. The van der Waals surface area contributed by atoms with E-state index in [4.69, 9.17) is 0 Å². The predicted octanol–water partition coefficient (Wildman–Crippen LogP) is 1.64. The molecule has 1 aliphatic rings. The molecule has 2 atom stereocenters. The van der Waals surface area contributed by atoms with E-state index in [9.17, 15) is 9.18 Å². The lowest BCUT2D eigenvalue weighted by atomic mass is 9.95. The molecule has 1 aliphatic heterocycles. The van der Waals surface area contributed by atoms with Crippen molar-refractivity contribution in [2.45, 2.75) is 12.5 Å². The number of aromatic nitrogens is 3. The van der Waals surface area contributed by atoms with Gasteiger partial charge in [-0.2, -0.15) is 0 Å². The van der Waals surface area contributed by atoms with E-state index in [-0.39, 0.29) is 17.9 Å². The number of pyridine rings is 1. The highest BCUT2D eigenvalue weighted by atomic mass is 19.1. The number of nitrogens with zero attached hydrogens (tertiary/aromatic N) is 4. The number of carbonyl (C=O) groups excluding carboxylic acids is 1. The molecule has 0 aromatic carbocycles. The Bertz CT molecular complexity index is 649. The van der Waals surface area contributed by atoms with Crippen molar-refractivity contribution in [1.82, 2.24) is 19.9 Å². The predicted molar refractivity (Wildman–Crippen MR) is 78.3 cm³/mol. The van der Waals surface area contributed by atoms with E-state index in [1.807, 2.05) is 12.1 Å². The molecule has 2 aromatic heterocycles. The molecule has 3 heterocycles. The van der Waals surface area contributed by atoms with E-state index >= 15 is 0 Å². The standard InChI is InChI=1S/C15H16FN5O/c1-21-13(22)5-11(14(21)10-3-2-4-17-6-10)7-18-15-19-8-12(16)9-20-15/h2-4,6,8-9,11,14H,5,7H2,1H3,(H,18,19,20)/t11-,14-/m0/s1. The summed E-state index contributed by atoms with van der Waals surface area (Å²) in [4.78, 5) is 25.6. The quantitative estimate of drug-likeness (QED) is 0.929. The zero-order valence-electron chi connectivity index (χ0n) is 12.1. The van der Waals surface area contributed by atoms with Gasteiger partial charge in [0.05, 0.1) is 18.4 Å². The third-order valence-electron chi connectivity index (χ3n) is 3.86. The zero-order valence-corrected chi connectivity index (χ0v) is 12.1. The number of hydrogen-bond acceptors (Lipinski definition) is 5. The molecule has 0 radical (unpaired) electrons. The third-order valence-corrected chi connectivity index (χ3v) is 3.86. The Balaban J connectivity index is 1.73. The molecule has 1 saturated heterocycles. The average molecular weight is 301 g/mol. The molecule has 3 rings (SSSR count). The second-order valence-electron chi connectivity index (χ2n) is 5.31. The molecule has 0 saturated carbocycles. The zero-order chi connectivity index (χ0) is 15.5. The fraction of sp³-hybridized carbons (Fsp3) is 0.333. The van der Waals surface area contributed by atoms with Crippen LogP contribution in [-0.2, 0) is 4.79 Å². The van der Waals surface area contributed by atoms with Crippen molar-refractivity contribution in [3.05, 3.63) is 48.3 Å². The van der Waals surface area contributed by atoms with Gasteiger partial charge >= 0.3 is 0 Å². The summed E-state index contributed by atoms with van der Waals surface area (Å²) in [6.45, 7) is 0.529. The Labute approximate surface area is 127 Å². The molecule has 1 amide bonds. The van der Waals surface area contributed by atoms with Gasteiger partial charge in [-0.3, -0.25) is 9.78 Å². The first-order valence-electron chi connectivity index (χ1n) is 7.02. The van der Waals surface area contributed by atoms with Crippen LogP contribution in [0.2, 0.25) is 0 Å². The van der Waals surface area contributed by atoms with Crippen molar-refractivity contribution in [1.29, 1.82) is 0 Å². The first-order chi connectivity index (χ1) is 10.6. The Hall–Kier alpha value is -2.57. The number of amides is 1. The summed E-state index contributed by atoms with van der Waals surface area (Å²) in [7, 11) is 1.80. The number of halogens is 1. The van der Waals surface area contributed by atoms with E-state index in [0.717, 1.165) is 18.0 Å². The van der Waals surface area contributed by atoms with E-state index in [1.165, 1.54) is 0 Å². The molecule has 0 aliphatic carbocycles. The van der Waals surface area contributed by atoms with Gasteiger partial charge in [-0.15, -0.1) is 0 Å². The largest absolute Gasteiger partial charge is 0.354 e. The highest BCUT2D eigenvalue weighted by Gasteiger charge is 2.38. The van der Waals surface area contributed by atoms with Gasteiger partial charge in [0.2, 0.25) is 11.9 Å². The number of hydrogen-bond donors (Lipinski definition) is 1. The van der Waals surface area contributed by atoms with Crippen molar-refractivity contribution in [3.8, 4) is 0 Å². The molecular weight excluding hydrogens is 285 g/mol. The molecular formula is C15H16FN5O. The minimum atomic E-state index is -0.477. The van der Waals surface area contributed by atoms with Crippen molar-refractivity contribution in [2.75, 3.05) is 18.9 Å². The first-order valence-corrected chi connectivity index (χ1v) is 7.02. The summed E-state index contributed by atoms with van der Waals surface area (Å²) in [5.74, 6) is 0.0546. The fourth-order valence-electron chi connectivity index (χ4n) is 2.81. The Morgan fingerprint density at radius 2 is 2.14 bits per heavy atom. The smallest absolute Gasteiger partial charge is 0.223 e. The molecule has 0 spiro atoms. The van der Waals surface area contributed by atoms with Gasteiger partial charge in [-0.1, -0.05) is 6.07 Å².